The number of hydrogen-bond donors (Lipinski definition) is 6. The molecule has 9 heteroatoms. The first-order chi connectivity index (χ1) is 23.8. The van der Waals surface area contributed by atoms with E-state index in [4.69, 9.17) is 9.47 Å². The van der Waals surface area contributed by atoms with Crippen molar-refractivity contribution in [3.8, 4) is 0 Å². The van der Waals surface area contributed by atoms with Gasteiger partial charge in [-0.3, -0.25) is 4.79 Å². The molecule has 7 atom stereocenters. The molecule has 49 heavy (non-hydrogen) atoms. The molecule has 0 spiro atoms. The Hall–Kier alpha value is -2.37. The monoisotopic (exact) mass is 689 g/mol. The molecule has 6 N–H and O–H groups in total. The molecule has 1 aliphatic heterocycles. The molecule has 0 radical (unpaired) electrons. The predicted molar refractivity (Wildman–Crippen MR) is 198 cm³/mol. The van der Waals surface area contributed by atoms with E-state index >= 15 is 0 Å². The zero-order chi connectivity index (χ0) is 36.0. The van der Waals surface area contributed by atoms with Crippen molar-refractivity contribution in [2.24, 2.45) is 0 Å². The van der Waals surface area contributed by atoms with Crippen LogP contribution in [0.15, 0.2) is 72.9 Å². The molecule has 0 aliphatic carbocycles. The fraction of sp³-hybridized carbons (Fsp3) is 0.675. The Morgan fingerprint density at radius 1 is 0.714 bits per heavy atom. The number of rotatable bonds is 28. The fourth-order valence-corrected chi connectivity index (χ4v) is 5.28. The Morgan fingerprint density at radius 2 is 1.24 bits per heavy atom. The van der Waals surface area contributed by atoms with Gasteiger partial charge in [0.2, 0.25) is 5.91 Å². The Kier molecular flexibility index (Phi) is 27.8. The lowest BCUT2D eigenvalue weighted by molar-refractivity contribution is -0.302. The molecule has 1 amide bonds. The van der Waals surface area contributed by atoms with Crippen LogP contribution < -0.4 is 5.32 Å². The summed E-state index contributed by atoms with van der Waals surface area (Å²) in [6, 6.07) is -0.859. The van der Waals surface area contributed by atoms with Crippen LogP contribution in [0.25, 0.3) is 0 Å². The summed E-state index contributed by atoms with van der Waals surface area (Å²) in [5.41, 5.74) is 0. The molecule has 280 valence electrons. The number of amides is 1. The van der Waals surface area contributed by atoms with Gasteiger partial charge in [-0.2, -0.15) is 0 Å². The molecule has 1 rings (SSSR count). The lowest BCUT2D eigenvalue weighted by Gasteiger charge is -2.40. The average Bonchev–Trinajstić information content (AvgIpc) is 3.10. The van der Waals surface area contributed by atoms with E-state index in [1.807, 2.05) is 18.2 Å². The number of hydrogen-bond acceptors (Lipinski definition) is 8. The van der Waals surface area contributed by atoms with Crippen molar-refractivity contribution in [1.82, 2.24) is 5.32 Å². The second-order valence-corrected chi connectivity index (χ2v) is 12.7. The third kappa shape index (κ3) is 22.1. The maximum Gasteiger partial charge on any atom is 0.224 e. The quantitative estimate of drug-likeness (QED) is 0.0416. The zero-order valence-electron chi connectivity index (χ0n) is 30.2. The van der Waals surface area contributed by atoms with E-state index in [1.54, 1.807) is 12.2 Å². The minimum absolute atomic E-state index is 0.110. The van der Waals surface area contributed by atoms with Crippen LogP contribution in [0.2, 0.25) is 0 Å². The summed E-state index contributed by atoms with van der Waals surface area (Å²) in [5, 5.41) is 53.7. The Balaban J connectivity index is 2.56. The molecular formula is C40H67NO8. The molecule has 0 aromatic rings. The number of aliphatic hydroxyl groups excluding tert-OH is 5. The van der Waals surface area contributed by atoms with Crippen LogP contribution in [0, 0.1) is 0 Å². The molecule has 1 aliphatic rings. The van der Waals surface area contributed by atoms with Crippen LogP contribution in [-0.4, -0.2) is 87.5 Å². The lowest BCUT2D eigenvalue weighted by Crippen LogP contribution is -2.60. The minimum atomic E-state index is -1.58. The van der Waals surface area contributed by atoms with Gasteiger partial charge in [0.25, 0.3) is 0 Å². The standard InChI is InChI=1S/C40H67NO8/c1-3-5-7-9-11-13-15-16-17-18-20-22-24-26-28-30-36(44)41-33(32-48-40-39(47)38(46)37(45)35(31-42)49-40)34(43)29-27-25-23-21-19-14-12-10-8-6-4-2/h5,7,11,13,16-17,20,22,26-29,33-35,37-40,42-43,45-47H,3-4,6,8-10,12,14-15,18-19,21,23-25,30-32H2,1-2H3,(H,41,44)/b7-5-,13-11-,17-16-,22-20-,28-26-,29-27+. The number of carbonyl (C=O) groups is 1. The topological polar surface area (TPSA) is 149 Å². The van der Waals surface area contributed by atoms with Crippen molar-refractivity contribution in [1.29, 1.82) is 0 Å². The summed E-state index contributed by atoms with van der Waals surface area (Å²) in [6.07, 6.45) is 32.5. The second kappa shape index (κ2) is 30.5. The summed E-state index contributed by atoms with van der Waals surface area (Å²) in [7, 11) is 0. The Labute approximate surface area is 296 Å². The van der Waals surface area contributed by atoms with Crippen molar-refractivity contribution in [2.75, 3.05) is 13.2 Å². The predicted octanol–water partition coefficient (Wildman–Crippen LogP) is 6.27. The van der Waals surface area contributed by atoms with Crippen molar-refractivity contribution < 1.29 is 39.8 Å². The van der Waals surface area contributed by atoms with Crippen LogP contribution in [0.1, 0.15) is 117 Å². The molecule has 7 unspecified atom stereocenters. The van der Waals surface area contributed by atoms with Gasteiger partial charge in [0.15, 0.2) is 6.29 Å². The van der Waals surface area contributed by atoms with Gasteiger partial charge in [-0.1, -0.05) is 138 Å². The summed E-state index contributed by atoms with van der Waals surface area (Å²) < 4.78 is 11.1. The van der Waals surface area contributed by atoms with E-state index in [1.165, 1.54) is 44.9 Å². The normalized spacial score (nSPS) is 23.3. The van der Waals surface area contributed by atoms with Gasteiger partial charge in [-0.25, -0.2) is 0 Å². The van der Waals surface area contributed by atoms with E-state index in [0.29, 0.717) is 6.42 Å². The van der Waals surface area contributed by atoms with Crippen LogP contribution >= 0.6 is 0 Å². The maximum atomic E-state index is 12.8. The first-order valence-electron chi connectivity index (χ1n) is 18.7. The summed E-state index contributed by atoms with van der Waals surface area (Å²) in [6.45, 7) is 3.54. The van der Waals surface area contributed by atoms with E-state index < -0.39 is 49.5 Å². The van der Waals surface area contributed by atoms with E-state index in [2.05, 4.69) is 61.7 Å². The van der Waals surface area contributed by atoms with Crippen LogP contribution in [0.4, 0.5) is 0 Å². The van der Waals surface area contributed by atoms with Crippen molar-refractivity contribution >= 4 is 5.91 Å². The zero-order valence-corrected chi connectivity index (χ0v) is 30.2. The van der Waals surface area contributed by atoms with Crippen LogP contribution in [0.5, 0.6) is 0 Å². The Bertz CT molecular complexity index is 989. The molecular weight excluding hydrogens is 622 g/mol. The number of nitrogens with one attached hydrogen (secondary N) is 1. The average molecular weight is 690 g/mol. The van der Waals surface area contributed by atoms with Crippen LogP contribution in [-0.2, 0) is 14.3 Å². The largest absolute Gasteiger partial charge is 0.394 e. The molecule has 9 nitrogen and oxygen atoms in total. The van der Waals surface area contributed by atoms with Gasteiger partial charge in [-0.15, -0.1) is 0 Å². The molecule has 0 aromatic heterocycles. The minimum Gasteiger partial charge on any atom is -0.394 e. The highest BCUT2D eigenvalue weighted by molar-refractivity contribution is 5.77. The first kappa shape index (κ1) is 44.7. The Morgan fingerprint density at radius 3 is 1.80 bits per heavy atom. The molecule has 1 saturated heterocycles. The number of allylic oxidation sites excluding steroid dienone is 10. The van der Waals surface area contributed by atoms with Crippen molar-refractivity contribution in [3.05, 3.63) is 72.9 Å². The first-order valence-corrected chi connectivity index (χ1v) is 18.7. The SMILES string of the molecule is CC/C=C\C/C=C\C/C=C\C/C=C\C/C=C\CC(=O)NC(COC1OC(CO)C(O)C(O)C1O)C(O)/C=C/CCCCCCCCCCC. The molecule has 1 fully saturated rings. The third-order valence-electron chi connectivity index (χ3n) is 8.32. The van der Waals surface area contributed by atoms with Gasteiger partial charge in [0.05, 0.1) is 25.4 Å². The van der Waals surface area contributed by atoms with Crippen LogP contribution in [0.3, 0.4) is 0 Å². The number of unbranched alkanes of at least 4 members (excludes halogenated alkanes) is 9. The summed E-state index contributed by atoms with van der Waals surface area (Å²) >= 11 is 0. The molecule has 0 saturated carbocycles. The van der Waals surface area contributed by atoms with Crippen molar-refractivity contribution in [2.45, 2.75) is 159 Å². The van der Waals surface area contributed by atoms with E-state index in [-0.39, 0.29) is 18.9 Å². The second-order valence-electron chi connectivity index (χ2n) is 12.7. The highest BCUT2D eigenvalue weighted by Gasteiger charge is 2.44. The number of carbonyl (C=O) groups excluding carboxylic acids is 1. The summed E-state index contributed by atoms with van der Waals surface area (Å²) in [4.78, 5) is 12.8. The molecule has 0 aromatic carbocycles. The van der Waals surface area contributed by atoms with Gasteiger partial charge in [-0.05, 0) is 44.9 Å². The van der Waals surface area contributed by atoms with Gasteiger partial charge in [0, 0.05) is 6.42 Å². The highest BCUT2D eigenvalue weighted by Crippen LogP contribution is 2.22. The lowest BCUT2D eigenvalue weighted by atomic mass is 9.99. The highest BCUT2D eigenvalue weighted by atomic mass is 16.7. The summed E-state index contributed by atoms with van der Waals surface area (Å²) in [5.74, 6) is -0.310. The van der Waals surface area contributed by atoms with E-state index in [9.17, 15) is 30.3 Å². The fourth-order valence-electron chi connectivity index (χ4n) is 5.28. The van der Waals surface area contributed by atoms with Gasteiger partial charge >= 0.3 is 0 Å². The maximum absolute atomic E-state index is 12.8. The van der Waals surface area contributed by atoms with Crippen molar-refractivity contribution in [3.63, 3.8) is 0 Å². The van der Waals surface area contributed by atoms with E-state index in [0.717, 1.165) is 44.9 Å². The van der Waals surface area contributed by atoms with Gasteiger partial charge < -0.3 is 40.3 Å². The van der Waals surface area contributed by atoms with Gasteiger partial charge in [0.1, 0.15) is 24.4 Å². The smallest absolute Gasteiger partial charge is 0.224 e. The third-order valence-corrected chi connectivity index (χ3v) is 8.32. The molecule has 1 heterocycles. The number of ether oxygens (including phenoxy) is 2. The number of aliphatic hydroxyl groups is 5. The molecule has 0 bridgehead atoms.